The summed E-state index contributed by atoms with van der Waals surface area (Å²) in [7, 11) is 0. The van der Waals surface area contributed by atoms with Gasteiger partial charge < -0.3 is 5.11 Å². The Morgan fingerprint density at radius 3 is 2.08 bits per heavy atom. The molecule has 1 aromatic rings. The molecule has 1 nitrogen and oxygen atoms in total. The van der Waals surface area contributed by atoms with Gasteiger partial charge in [0.2, 0.25) is 0 Å². The van der Waals surface area contributed by atoms with Gasteiger partial charge in [0, 0.05) is 15.5 Å². The Morgan fingerprint density at radius 2 is 1.69 bits per heavy atom. The smallest absolute Gasteiger partial charge is 0.0527 e. The van der Waals surface area contributed by atoms with Crippen LogP contribution in [0.2, 0.25) is 10.0 Å². The van der Waals surface area contributed by atoms with Crippen molar-refractivity contribution in [1.29, 1.82) is 0 Å². The maximum absolute atomic E-state index is 9.21. The first kappa shape index (κ1) is 9.32. The van der Waals surface area contributed by atoms with E-state index < -0.39 is 0 Å². The molecule has 0 aromatic heterocycles. The van der Waals surface area contributed by atoms with Crippen LogP contribution < -0.4 is 0 Å². The maximum atomic E-state index is 9.21. The molecule has 1 N–H and O–H groups in total. The molecule has 3 heteroatoms. The second-order valence-electron chi connectivity index (χ2n) is 3.60. The first-order valence-corrected chi connectivity index (χ1v) is 4.99. The van der Waals surface area contributed by atoms with Crippen LogP contribution >= 0.6 is 23.2 Å². The maximum Gasteiger partial charge on any atom is 0.0527 e. The Bertz CT molecular complexity index is 311. The Balaban J connectivity index is 2.40. The first-order chi connectivity index (χ1) is 6.16. The van der Waals surface area contributed by atoms with Gasteiger partial charge in [-0.05, 0) is 36.6 Å². The summed E-state index contributed by atoms with van der Waals surface area (Å²) in [6.07, 6.45) is 2.06. The summed E-state index contributed by atoms with van der Waals surface area (Å²) in [5.74, 6) is 0. The predicted molar refractivity (Wildman–Crippen MR) is 54.5 cm³/mol. The average molecular weight is 217 g/mol. The molecule has 0 bridgehead atoms. The third kappa shape index (κ3) is 1.69. The van der Waals surface area contributed by atoms with Crippen LogP contribution in [0.3, 0.4) is 0 Å². The van der Waals surface area contributed by atoms with E-state index in [2.05, 4.69) is 0 Å². The topological polar surface area (TPSA) is 20.2 Å². The molecule has 0 amide bonds. The molecule has 0 saturated heterocycles. The lowest BCUT2D eigenvalue weighted by molar-refractivity contribution is 0.255. The minimum Gasteiger partial charge on any atom is -0.395 e. The van der Waals surface area contributed by atoms with Crippen molar-refractivity contribution in [2.75, 3.05) is 6.61 Å². The third-order valence-corrected chi connectivity index (χ3v) is 3.07. The van der Waals surface area contributed by atoms with Gasteiger partial charge >= 0.3 is 0 Å². The Hall–Kier alpha value is -0.240. The van der Waals surface area contributed by atoms with Crippen LogP contribution in [0, 0.1) is 0 Å². The van der Waals surface area contributed by atoms with E-state index in [-0.39, 0.29) is 12.0 Å². The van der Waals surface area contributed by atoms with E-state index in [1.165, 1.54) is 0 Å². The van der Waals surface area contributed by atoms with Gasteiger partial charge in [-0.15, -0.1) is 0 Å². The van der Waals surface area contributed by atoms with Gasteiger partial charge in [-0.25, -0.2) is 0 Å². The van der Waals surface area contributed by atoms with Crippen molar-refractivity contribution < 1.29 is 5.11 Å². The largest absolute Gasteiger partial charge is 0.395 e. The van der Waals surface area contributed by atoms with Crippen LogP contribution in [0.1, 0.15) is 18.4 Å². The van der Waals surface area contributed by atoms with E-state index in [4.69, 9.17) is 23.2 Å². The molecule has 0 radical (unpaired) electrons. The number of aliphatic hydroxyl groups excluding tert-OH is 1. The van der Waals surface area contributed by atoms with Crippen molar-refractivity contribution in [3.05, 3.63) is 33.8 Å². The average Bonchev–Trinajstić information content (AvgIpc) is 2.82. The van der Waals surface area contributed by atoms with E-state index in [9.17, 15) is 5.11 Å². The number of halogens is 2. The molecular formula is C10H10Cl2O. The standard InChI is InChI=1S/C10H10Cl2O/c11-8-3-7(4-9(12)5-8)10(6-13)1-2-10/h3-5,13H,1-2,6H2. The van der Waals surface area contributed by atoms with Gasteiger partial charge in [0.15, 0.2) is 0 Å². The monoisotopic (exact) mass is 216 g/mol. The molecule has 70 valence electrons. The van der Waals surface area contributed by atoms with Crippen LogP contribution in [0.25, 0.3) is 0 Å². The van der Waals surface area contributed by atoms with Gasteiger partial charge in [-0.3, -0.25) is 0 Å². The summed E-state index contributed by atoms with van der Waals surface area (Å²) in [6, 6.07) is 5.48. The minimum atomic E-state index is -0.0471. The van der Waals surface area contributed by atoms with E-state index in [1.807, 2.05) is 12.1 Å². The highest BCUT2D eigenvalue weighted by molar-refractivity contribution is 6.34. The molecule has 0 spiro atoms. The zero-order chi connectivity index (χ0) is 9.47. The highest BCUT2D eigenvalue weighted by Gasteiger charge is 2.43. The zero-order valence-corrected chi connectivity index (χ0v) is 8.57. The van der Waals surface area contributed by atoms with Gasteiger partial charge in [0.1, 0.15) is 0 Å². The first-order valence-electron chi connectivity index (χ1n) is 4.24. The van der Waals surface area contributed by atoms with Crippen molar-refractivity contribution in [2.24, 2.45) is 0 Å². The lowest BCUT2D eigenvalue weighted by atomic mass is 9.97. The fourth-order valence-electron chi connectivity index (χ4n) is 1.55. The Labute approximate surface area is 87.3 Å². The fourth-order valence-corrected chi connectivity index (χ4v) is 2.08. The molecule has 1 aliphatic rings. The number of hydrogen-bond acceptors (Lipinski definition) is 1. The predicted octanol–water partition coefficient (Wildman–Crippen LogP) is 3.02. The molecule has 0 unspecified atom stereocenters. The van der Waals surface area contributed by atoms with Crippen LogP contribution in [-0.2, 0) is 5.41 Å². The van der Waals surface area contributed by atoms with Gasteiger partial charge in [-0.1, -0.05) is 23.2 Å². The van der Waals surface area contributed by atoms with E-state index in [0.717, 1.165) is 18.4 Å². The SMILES string of the molecule is OCC1(c2cc(Cl)cc(Cl)c2)CC1. The van der Waals surface area contributed by atoms with Gasteiger partial charge in [0.05, 0.1) is 6.61 Å². The highest BCUT2D eigenvalue weighted by atomic mass is 35.5. The normalized spacial score (nSPS) is 18.7. The van der Waals surface area contributed by atoms with E-state index in [0.29, 0.717) is 10.0 Å². The lowest BCUT2D eigenvalue weighted by Crippen LogP contribution is -2.11. The number of aliphatic hydroxyl groups is 1. The molecule has 1 saturated carbocycles. The Kier molecular flexibility index (Phi) is 2.26. The molecule has 0 heterocycles. The van der Waals surface area contributed by atoms with Crippen molar-refractivity contribution >= 4 is 23.2 Å². The Morgan fingerprint density at radius 1 is 1.15 bits per heavy atom. The quantitative estimate of drug-likeness (QED) is 0.807. The zero-order valence-electron chi connectivity index (χ0n) is 7.06. The summed E-state index contributed by atoms with van der Waals surface area (Å²) in [5.41, 5.74) is 1.02. The second kappa shape index (κ2) is 3.16. The number of rotatable bonds is 2. The summed E-state index contributed by atoms with van der Waals surface area (Å²) in [5, 5.41) is 10.5. The molecule has 1 fully saturated rings. The highest BCUT2D eigenvalue weighted by Crippen LogP contribution is 2.48. The number of hydrogen-bond donors (Lipinski definition) is 1. The molecular weight excluding hydrogens is 207 g/mol. The summed E-state index contributed by atoms with van der Waals surface area (Å²) in [6.45, 7) is 0.184. The summed E-state index contributed by atoms with van der Waals surface area (Å²) in [4.78, 5) is 0. The second-order valence-corrected chi connectivity index (χ2v) is 4.47. The van der Waals surface area contributed by atoms with Crippen LogP contribution in [0.5, 0.6) is 0 Å². The van der Waals surface area contributed by atoms with E-state index >= 15 is 0 Å². The molecule has 2 rings (SSSR count). The molecule has 0 atom stereocenters. The summed E-state index contributed by atoms with van der Waals surface area (Å²) >= 11 is 11.7. The fraction of sp³-hybridized carbons (Fsp3) is 0.400. The third-order valence-electron chi connectivity index (χ3n) is 2.63. The molecule has 13 heavy (non-hydrogen) atoms. The van der Waals surface area contributed by atoms with Crippen LogP contribution in [-0.4, -0.2) is 11.7 Å². The number of benzene rings is 1. The van der Waals surface area contributed by atoms with Crippen molar-refractivity contribution in [3.63, 3.8) is 0 Å². The lowest BCUT2D eigenvalue weighted by Gasteiger charge is -2.12. The van der Waals surface area contributed by atoms with Crippen molar-refractivity contribution in [2.45, 2.75) is 18.3 Å². The van der Waals surface area contributed by atoms with Gasteiger partial charge in [0.25, 0.3) is 0 Å². The molecule has 0 aliphatic heterocycles. The van der Waals surface area contributed by atoms with Crippen molar-refractivity contribution in [3.8, 4) is 0 Å². The van der Waals surface area contributed by atoms with Crippen LogP contribution in [0.15, 0.2) is 18.2 Å². The molecule has 1 aromatic carbocycles. The van der Waals surface area contributed by atoms with Crippen LogP contribution in [0.4, 0.5) is 0 Å². The van der Waals surface area contributed by atoms with E-state index in [1.54, 1.807) is 6.07 Å². The summed E-state index contributed by atoms with van der Waals surface area (Å²) < 4.78 is 0. The molecule has 1 aliphatic carbocycles. The van der Waals surface area contributed by atoms with Crippen molar-refractivity contribution in [1.82, 2.24) is 0 Å². The minimum absolute atomic E-state index is 0.0471. The van der Waals surface area contributed by atoms with Gasteiger partial charge in [-0.2, -0.15) is 0 Å².